The van der Waals surface area contributed by atoms with Crippen LogP contribution in [0.2, 0.25) is 0 Å². The van der Waals surface area contributed by atoms with E-state index in [9.17, 15) is 4.79 Å². The summed E-state index contributed by atoms with van der Waals surface area (Å²) in [5.41, 5.74) is 0. The number of unbranched alkanes of at least 4 members (excludes halogenated alkanes) is 3. The molecule has 0 heterocycles. The SMILES string of the molecule is CCCCCC=CCC(C)CC=O. The summed E-state index contributed by atoms with van der Waals surface area (Å²) < 4.78 is 0. The average Bonchev–Trinajstić information content (AvgIpc) is 2.11. The fourth-order valence-corrected chi connectivity index (χ4v) is 1.22. The van der Waals surface area contributed by atoms with E-state index in [4.69, 9.17) is 0 Å². The first-order valence-electron chi connectivity index (χ1n) is 5.39. The molecule has 1 heteroatoms. The van der Waals surface area contributed by atoms with Crippen molar-refractivity contribution in [3.8, 4) is 0 Å². The highest BCUT2D eigenvalue weighted by molar-refractivity contribution is 5.49. The predicted octanol–water partition coefficient (Wildman–Crippen LogP) is 3.74. The Bertz CT molecular complexity index is 138. The number of allylic oxidation sites excluding steroid dienone is 2. The molecule has 76 valence electrons. The van der Waals surface area contributed by atoms with Crippen molar-refractivity contribution in [3.05, 3.63) is 12.2 Å². The van der Waals surface area contributed by atoms with Gasteiger partial charge in [-0.15, -0.1) is 0 Å². The molecule has 0 aliphatic rings. The first-order valence-corrected chi connectivity index (χ1v) is 5.39. The topological polar surface area (TPSA) is 17.1 Å². The molecule has 1 nitrogen and oxygen atoms in total. The number of hydrogen-bond donors (Lipinski definition) is 0. The summed E-state index contributed by atoms with van der Waals surface area (Å²) in [6, 6.07) is 0. The van der Waals surface area contributed by atoms with Crippen LogP contribution >= 0.6 is 0 Å². The molecule has 1 atom stereocenters. The third-order valence-corrected chi connectivity index (χ3v) is 2.18. The molecule has 13 heavy (non-hydrogen) atoms. The Kier molecular flexibility index (Phi) is 9.07. The summed E-state index contributed by atoms with van der Waals surface area (Å²) >= 11 is 0. The molecular formula is C12H22O. The van der Waals surface area contributed by atoms with Gasteiger partial charge in [0.15, 0.2) is 0 Å². The fraction of sp³-hybridized carbons (Fsp3) is 0.750. The molecule has 0 aromatic rings. The van der Waals surface area contributed by atoms with Gasteiger partial charge >= 0.3 is 0 Å². The third-order valence-electron chi connectivity index (χ3n) is 2.18. The highest BCUT2D eigenvalue weighted by atomic mass is 16.1. The van der Waals surface area contributed by atoms with Crippen molar-refractivity contribution in [1.29, 1.82) is 0 Å². The van der Waals surface area contributed by atoms with E-state index in [2.05, 4.69) is 26.0 Å². The van der Waals surface area contributed by atoms with Gasteiger partial charge in [0.1, 0.15) is 6.29 Å². The normalized spacial score (nSPS) is 13.4. The molecular weight excluding hydrogens is 160 g/mol. The summed E-state index contributed by atoms with van der Waals surface area (Å²) in [5.74, 6) is 0.514. The minimum atomic E-state index is 0.514. The van der Waals surface area contributed by atoms with Crippen molar-refractivity contribution in [1.82, 2.24) is 0 Å². The number of aldehydes is 1. The molecule has 0 saturated heterocycles. The van der Waals surface area contributed by atoms with Gasteiger partial charge in [-0.25, -0.2) is 0 Å². The monoisotopic (exact) mass is 182 g/mol. The molecule has 0 aliphatic carbocycles. The van der Waals surface area contributed by atoms with Crippen LogP contribution in [0, 0.1) is 5.92 Å². The number of hydrogen-bond acceptors (Lipinski definition) is 1. The lowest BCUT2D eigenvalue weighted by molar-refractivity contribution is -0.108. The maximum atomic E-state index is 10.2. The molecule has 0 fully saturated rings. The van der Waals surface area contributed by atoms with Crippen LogP contribution in [0.4, 0.5) is 0 Å². The molecule has 0 amide bonds. The van der Waals surface area contributed by atoms with Crippen molar-refractivity contribution in [2.24, 2.45) is 5.92 Å². The van der Waals surface area contributed by atoms with Gasteiger partial charge in [0.2, 0.25) is 0 Å². The second kappa shape index (κ2) is 9.50. The summed E-state index contributed by atoms with van der Waals surface area (Å²) in [6.45, 7) is 4.33. The van der Waals surface area contributed by atoms with E-state index >= 15 is 0 Å². The zero-order valence-corrected chi connectivity index (χ0v) is 8.96. The van der Waals surface area contributed by atoms with Crippen molar-refractivity contribution in [3.63, 3.8) is 0 Å². The second-order valence-electron chi connectivity index (χ2n) is 3.71. The highest BCUT2D eigenvalue weighted by Crippen LogP contribution is 2.07. The molecule has 0 saturated carbocycles. The van der Waals surface area contributed by atoms with E-state index in [1.54, 1.807) is 0 Å². The van der Waals surface area contributed by atoms with Crippen molar-refractivity contribution >= 4 is 6.29 Å². The van der Waals surface area contributed by atoms with Gasteiger partial charge < -0.3 is 4.79 Å². The molecule has 0 N–H and O–H groups in total. The van der Waals surface area contributed by atoms with Crippen LogP contribution in [0.25, 0.3) is 0 Å². The van der Waals surface area contributed by atoms with Crippen LogP contribution in [0.15, 0.2) is 12.2 Å². The molecule has 0 aliphatic heterocycles. The second-order valence-corrected chi connectivity index (χ2v) is 3.71. The number of carbonyl (C=O) groups excluding carboxylic acids is 1. The summed E-state index contributed by atoms with van der Waals surface area (Å²) in [5, 5.41) is 0. The summed E-state index contributed by atoms with van der Waals surface area (Å²) in [6.07, 6.45) is 12.3. The fourth-order valence-electron chi connectivity index (χ4n) is 1.22. The largest absolute Gasteiger partial charge is 0.303 e. The van der Waals surface area contributed by atoms with E-state index in [1.165, 1.54) is 25.7 Å². The quantitative estimate of drug-likeness (QED) is 0.317. The van der Waals surface area contributed by atoms with Gasteiger partial charge in [0, 0.05) is 6.42 Å². The first-order chi connectivity index (χ1) is 6.31. The minimum Gasteiger partial charge on any atom is -0.303 e. The lowest BCUT2D eigenvalue weighted by atomic mass is 10.0. The van der Waals surface area contributed by atoms with E-state index in [1.807, 2.05) is 0 Å². The van der Waals surface area contributed by atoms with Crippen LogP contribution in [0.1, 0.15) is 52.4 Å². The number of rotatable bonds is 8. The smallest absolute Gasteiger partial charge is 0.120 e. The predicted molar refractivity (Wildman–Crippen MR) is 57.7 cm³/mol. The van der Waals surface area contributed by atoms with E-state index < -0.39 is 0 Å². The molecule has 0 rings (SSSR count). The maximum absolute atomic E-state index is 10.2. The van der Waals surface area contributed by atoms with Crippen molar-refractivity contribution in [2.45, 2.75) is 52.4 Å². The Labute approximate surface area is 82.2 Å². The zero-order valence-electron chi connectivity index (χ0n) is 8.96. The summed E-state index contributed by atoms with van der Waals surface area (Å²) in [4.78, 5) is 10.2. The number of carbonyl (C=O) groups is 1. The maximum Gasteiger partial charge on any atom is 0.120 e. The Morgan fingerprint density at radius 2 is 1.92 bits per heavy atom. The van der Waals surface area contributed by atoms with Crippen molar-refractivity contribution < 1.29 is 4.79 Å². The van der Waals surface area contributed by atoms with Gasteiger partial charge in [0.25, 0.3) is 0 Å². The molecule has 0 radical (unpaired) electrons. The molecule has 0 aromatic carbocycles. The van der Waals surface area contributed by atoms with Gasteiger partial charge in [0.05, 0.1) is 0 Å². The van der Waals surface area contributed by atoms with Crippen LogP contribution in [0.5, 0.6) is 0 Å². The van der Waals surface area contributed by atoms with Crippen LogP contribution < -0.4 is 0 Å². The average molecular weight is 182 g/mol. The Balaban J connectivity index is 3.24. The Morgan fingerprint density at radius 3 is 2.54 bits per heavy atom. The lowest BCUT2D eigenvalue weighted by Crippen LogP contribution is -1.92. The Morgan fingerprint density at radius 1 is 1.15 bits per heavy atom. The van der Waals surface area contributed by atoms with Gasteiger partial charge in [-0.2, -0.15) is 0 Å². The van der Waals surface area contributed by atoms with Crippen LogP contribution in [-0.4, -0.2) is 6.29 Å². The van der Waals surface area contributed by atoms with E-state index in [-0.39, 0.29) is 0 Å². The summed E-state index contributed by atoms with van der Waals surface area (Å²) in [7, 11) is 0. The molecule has 0 bridgehead atoms. The van der Waals surface area contributed by atoms with Crippen LogP contribution in [-0.2, 0) is 4.79 Å². The standard InChI is InChI=1S/C12H22O/c1-3-4-5-6-7-8-9-12(2)10-11-13/h7-8,11-12H,3-6,9-10H2,1-2H3. The van der Waals surface area contributed by atoms with Gasteiger partial charge in [-0.3, -0.25) is 0 Å². The van der Waals surface area contributed by atoms with Gasteiger partial charge in [-0.1, -0.05) is 38.8 Å². The zero-order chi connectivity index (χ0) is 9.94. The van der Waals surface area contributed by atoms with Gasteiger partial charge in [-0.05, 0) is 25.2 Å². The third kappa shape index (κ3) is 9.32. The van der Waals surface area contributed by atoms with E-state index in [0.717, 1.165) is 12.7 Å². The minimum absolute atomic E-state index is 0.514. The first kappa shape index (κ1) is 12.4. The lowest BCUT2D eigenvalue weighted by Gasteiger charge is -2.01. The molecule has 0 aromatic heterocycles. The molecule has 0 spiro atoms. The Hall–Kier alpha value is -0.590. The highest BCUT2D eigenvalue weighted by Gasteiger charge is 1.96. The van der Waals surface area contributed by atoms with E-state index in [0.29, 0.717) is 12.3 Å². The van der Waals surface area contributed by atoms with Crippen molar-refractivity contribution in [2.75, 3.05) is 0 Å². The van der Waals surface area contributed by atoms with Crippen LogP contribution in [0.3, 0.4) is 0 Å². The molecule has 1 unspecified atom stereocenters.